The number of carbonyl (C=O) groups excluding carboxylic acids is 1. The Hall–Kier alpha value is -0.790. The molecule has 1 amide bonds. The molecule has 0 saturated carbocycles. The maximum Gasteiger partial charge on any atom is 0.219 e. The number of rotatable bonds is 31. The first-order valence-corrected chi connectivity index (χ1v) is 17.6. The van der Waals surface area contributed by atoms with Crippen LogP contribution in [0.1, 0.15) is 201 Å². The van der Waals surface area contributed by atoms with Gasteiger partial charge >= 0.3 is 0 Å². The zero-order valence-electron chi connectivity index (χ0n) is 26.6. The predicted molar refractivity (Wildman–Crippen MR) is 172 cm³/mol. The second-order valence-corrected chi connectivity index (χ2v) is 12.5. The van der Waals surface area contributed by atoms with Gasteiger partial charge < -0.3 is 5.32 Å². The summed E-state index contributed by atoms with van der Waals surface area (Å²) >= 11 is 0. The van der Waals surface area contributed by atoms with E-state index in [4.69, 9.17) is 0 Å². The fraction of sp³-hybridized carbons (Fsp3) is 0.917. The fourth-order valence-electron chi connectivity index (χ4n) is 5.29. The third-order valence-corrected chi connectivity index (χ3v) is 7.95. The summed E-state index contributed by atoms with van der Waals surface area (Å²) in [6.45, 7) is 7.81. The molecule has 0 unspecified atom stereocenters. The van der Waals surface area contributed by atoms with Crippen molar-refractivity contribution >= 4 is 5.91 Å². The van der Waals surface area contributed by atoms with Crippen LogP contribution in [0.5, 0.6) is 0 Å². The first kappa shape index (κ1) is 37.2. The molecule has 0 radical (unpaired) electrons. The largest absolute Gasteiger partial charge is 0.356 e. The van der Waals surface area contributed by atoms with E-state index >= 15 is 0 Å². The lowest BCUT2D eigenvalue weighted by molar-refractivity contribution is -0.121. The van der Waals surface area contributed by atoms with Gasteiger partial charge in [0.15, 0.2) is 0 Å². The first-order chi connectivity index (χ1) is 18.7. The summed E-state index contributed by atoms with van der Waals surface area (Å²) in [5, 5.41) is 3.13. The van der Waals surface area contributed by atoms with Crippen LogP contribution in [0.4, 0.5) is 0 Å². The maximum absolute atomic E-state index is 12.0. The quantitative estimate of drug-likeness (QED) is 0.0696. The van der Waals surface area contributed by atoms with E-state index in [2.05, 4.69) is 38.2 Å². The second kappa shape index (κ2) is 32.4. The number of unbranched alkanes of at least 4 members (excludes halogenated alkanes) is 23. The van der Waals surface area contributed by atoms with E-state index < -0.39 is 0 Å². The van der Waals surface area contributed by atoms with Crippen LogP contribution in [0.25, 0.3) is 0 Å². The van der Waals surface area contributed by atoms with Gasteiger partial charge in [-0.05, 0) is 44.4 Å². The topological polar surface area (TPSA) is 29.1 Å². The van der Waals surface area contributed by atoms with Crippen molar-refractivity contribution in [2.24, 2.45) is 5.92 Å². The number of nitrogens with one attached hydrogen (secondary N) is 1. The average Bonchev–Trinajstić information content (AvgIpc) is 2.90. The number of allylic oxidation sites excluding steroid dienone is 2. The predicted octanol–water partition coefficient (Wildman–Crippen LogP) is 12.3. The molecular formula is C36H71NO. The number of amides is 1. The molecule has 0 aliphatic rings. The molecule has 2 heteroatoms. The summed E-state index contributed by atoms with van der Waals surface area (Å²) in [5.74, 6) is 1.14. The minimum Gasteiger partial charge on any atom is -0.356 e. The van der Waals surface area contributed by atoms with E-state index in [0.29, 0.717) is 0 Å². The molecule has 0 heterocycles. The van der Waals surface area contributed by atoms with Crippen molar-refractivity contribution < 1.29 is 4.79 Å². The minimum absolute atomic E-state index is 0.270. The van der Waals surface area contributed by atoms with Crippen LogP contribution in [0.3, 0.4) is 0 Å². The van der Waals surface area contributed by atoms with Crippen LogP contribution >= 0.6 is 0 Å². The number of carbonyl (C=O) groups is 1. The Kier molecular flexibility index (Phi) is 31.7. The first-order valence-electron chi connectivity index (χ1n) is 17.6. The Balaban J connectivity index is 3.19. The minimum atomic E-state index is 0.270. The molecule has 0 aliphatic carbocycles. The van der Waals surface area contributed by atoms with Crippen molar-refractivity contribution in [3.63, 3.8) is 0 Å². The van der Waals surface area contributed by atoms with Gasteiger partial charge in [0.25, 0.3) is 0 Å². The summed E-state index contributed by atoms with van der Waals surface area (Å²) < 4.78 is 0. The van der Waals surface area contributed by atoms with Crippen LogP contribution in [-0.2, 0) is 4.79 Å². The van der Waals surface area contributed by atoms with Crippen LogP contribution in [0, 0.1) is 5.92 Å². The third-order valence-electron chi connectivity index (χ3n) is 7.95. The molecule has 226 valence electrons. The Morgan fingerprint density at radius 1 is 0.526 bits per heavy atom. The van der Waals surface area contributed by atoms with Gasteiger partial charge in [-0.25, -0.2) is 0 Å². The van der Waals surface area contributed by atoms with Crippen LogP contribution in [0.2, 0.25) is 0 Å². The van der Waals surface area contributed by atoms with Gasteiger partial charge in [-0.2, -0.15) is 0 Å². The van der Waals surface area contributed by atoms with E-state index in [0.717, 1.165) is 31.7 Å². The Morgan fingerprint density at radius 3 is 1.39 bits per heavy atom. The van der Waals surface area contributed by atoms with Crippen LogP contribution in [-0.4, -0.2) is 12.5 Å². The Morgan fingerprint density at radius 2 is 0.921 bits per heavy atom. The lowest BCUT2D eigenvalue weighted by Crippen LogP contribution is -2.23. The lowest BCUT2D eigenvalue weighted by atomic mass is 10.0. The molecule has 0 bridgehead atoms. The zero-order valence-corrected chi connectivity index (χ0v) is 26.6. The Bertz CT molecular complexity index is 484. The molecule has 0 atom stereocenters. The molecular weight excluding hydrogens is 462 g/mol. The summed E-state index contributed by atoms with van der Waals surface area (Å²) in [6, 6.07) is 0. The van der Waals surface area contributed by atoms with E-state index in [1.54, 1.807) is 0 Å². The van der Waals surface area contributed by atoms with Gasteiger partial charge in [-0.15, -0.1) is 0 Å². The highest BCUT2D eigenvalue weighted by atomic mass is 16.1. The highest BCUT2D eigenvalue weighted by Crippen LogP contribution is 2.14. The lowest BCUT2D eigenvalue weighted by Gasteiger charge is -2.06. The molecule has 0 fully saturated rings. The highest BCUT2D eigenvalue weighted by Gasteiger charge is 2.01. The van der Waals surface area contributed by atoms with E-state index in [1.165, 1.54) is 161 Å². The molecule has 1 N–H and O–H groups in total. The SMILES string of the molecule is CCCCCCCC/C=C\CCCCCCCCNC(=O)CCCCCCCCCCCCCCC(C)C. The van der Waals surface area contributed by atoms with Crippen LogP contribution in [0.15, 0.2) is 12.2 Å². The van der Waals surface area contributed by atoms with Gasteiger partial charge in [-0.3, -0.25) is 4.79 Å². The number of hydrogen-bond acceptors (Lipinski definition) is 1. The van der Waals surface area contributed by atoms with Gasteiger partial charge in [0.1, 0.15) is 0 Å². The monoisotopic (exact) mass is 534 g/mol. The van der Waals surface area contributed by atoms with Gasteiger partial charge in [0.05, 0.1) is 0 Å². The molecule has 0 rings (SSSR count). The van der Waals surface area contributed by atoms with E-state index in [9.17, 15) is 4.79 Å². The number of hydrogen-bond donors (Lipinski definition) is 1. The van der Waals surface area contributed by atoms with Crippen LogP contribution < -0.4 is 5.32 Å². The van der Waals surface area contributed by atoms with Crippen molar-refractivity contribution in [2.45, 2.75) is 201 Å². The third kappa shape index (κ3) is 33.2. The highest BCUT2D eigenvalue weighted by molar-refractivity contribution is 5.75. The molecule has 38 heavy (non-hydrogen) atoms. The Labute approximate surface area is 241 Å². The molecule has 2 nitrogen and oxygen atoms in total. The molecule has 0 aromatic heterocycles. The normalized spacial score (nSPS) is 11.7. The van der Waals surface area contributed by atoms with Gasteiger partial charge in [-0.1, -0.05) is 168 Å². The average molecular weight is 534 g/mol. The van der Waals surface area contributed by atoms with Crippen molar-refractivity contribution in [1.82, 2.24) is 5.32 Å². The van der Waals surface area contributed by atoms with Crippen molar-refractivity contribution in [1.29, 1.82) is 0 Å². The fourth-order valence-corrected chi connectivity index (χ4v) is 5.29. The van der Waals surface area contributed by atoms with Crippen molar-refractivity contribution in [2.75, 3.05) is 6.54 Å². The smallest absolute Gasteiger partial charge is 0.219 e. The van der Waals surface area contributed by atoms with E-state index in [1.807, 2.05) is 0 Å². The molecule has 0 saturated heterocycles. The van der Waals surface area contributed by atoms with E-state index in [-0.39, 0.29) is 5.91 Å². The van der Waals surface area contributed by atoms with Gasteiger partial charge in [0.2, 0.25) is 5.91 Å². The molecule has 0 aromatic rings. The summed E-state index contributed by atoms with van der Waals surface area (Å²) in [6.07, 6.45) is 41.9. The standard InChI is InChI=1S/C36H71NO/c1-4-5-6-7-8-9-10-11-12-13-16-19-22-25-28-31-34-37-36(38)33-30-27-24-21-18-15-14-17-20-23-26-29-32-35(2)3/h11-12,35H,4-10,13-34H2,1-3H3,(H,37,38)/b12-11-. The summed E-state index contributed by atoms with van der Waals surface area (Å²) in [4.78, 5) is 12.0. The summed E-state index contributed by atoms with van der Waals surface area (Å²) in [5.41, 5.74) is 0. The van der Waals surface area contributed by atoms with Crippen molar-refractivity contribution in [3.05, 3.63) is 12.2 Å². The molecule has 0 aliphatic heterocycles. The van der Waals surface area contributed by atoms with Gasteiger partial charge in [0, 0.05) is 13.0 Å². The van der Waals surface area contributed by atoms with Crippen molar-refractivity contribution in [3.8, 4) is 0 Å². The second-order valence-electron chi connectivity index (χ2n) is 12.5. The molecule has 0 aromatic carbocycles. The molecule has 0 spiro atoms. The maximum atomic E-state index is 12.0. The zero-order chi connectivity index (χ0) is 27.8. The summed E-state index contributed by atoms with van der Waals surface area (Å²) in [7, 11) is 0.